The van der Waals surface area contributed by atoms with E-state index in [-0.39, 0.29) is 6.10 Å². The van der Waals surface area contributed by atoms with Crippen LogP contribution in [0.1, 0.15) is 12.8 Å². The molecule has 2 aliphatic heterocycles. The second kappa shape index (κ2) is 2.98. The largest absolute Gasteiger partial charge is 0.393 e. The third-order valence-corrected chi connectivity index (χ3v) is 3.29. The number of piperidine rings is 1. The Morgan fingerprint density at radius 1 is 1.08 bits per heavy atom. The summed E-state index contributed by atoms with van der Waals surface area (Å²) in [6, 6.07) is 1.16. The van der Waals surface area contributed by atoms with E-state index in [9.17, 15) is 5.11 Å². The molecule has 3 heteroatoms. The second-order valence-electron chi connectivity index (χ2n) is 4.32. The van der Waals surface area contributed by atoms with E-state index >= 15 is 0 Å². The predicted molar refractivity (Wildman–Crippen MR) is 48.1 cm³/mol. The molecule has 0 aromatic rings. The molecule has 2 aliphatic rings. The highest BCUT2D eigenvalue weighted by molar-refractivity contribution is 4.93. The fraction of sp³-hybridized carbons (Fsp3) is 1.00. The topological polar surface area (TPSA) is 26.7 Å². The van der Waals surface area contributed by atoms with Gasteiger partial charge in [-0.25, -0.2) is 0 Å². The highest BCUT2D eigenvalue weighted by Crippen LogP contribution is 2.26. The van der Waals surface area contributed by atoms with Gasteiger partial charge in [-0.1, -0.05) is 0 Å². The van der Waals surface area contributed by atoms with Crippen LogP contribution >= 0.6 is 0 Å². The molecule has 0 radical (unpaired) electrons. The van der Waals surface area contributed by atoms with Crippen molar-refractivity contribution in [3.05, 3.63) is 0 Å². The van der Waals surface area contributed by atoms with Gasteiger partial charge in [0.15, 0.2) is 0 Å². The van der Waals surface area contributed by atoms with E-state index in [0.29, 0.717) is 12.1 Å². The van der Waals surface area contributed by atoms with E-state index in [2.05, 4.69) is 23.9 Å². The van der Waals surface area contributed by atoms with Crippen LogP contribution in [0.25, 0.3) is 0 Å². The normalized spacial score (nSPS) is 44.8. The number of likely N-dealkylation sites (tertiary alicyclic amines) is 1. The van der Waals surface area contributed by atoms with Crippen molar-refractivity contribution in [3.63, 3.8) is 0 Å². The van der Waals surface area contributed by atoms with Crippen LogP contribution in [-0.2, 0) is 0 Å². The molecule has 0 aromatic carbocycles. The Hall–Kier alpha value is -0.120. The fourth-order valence-electron chi connectivity index (χ4n) is 2.56. The zero-order chi connectivity index (χ0) is 8.72. The standard InChI is InChI=1S/C9H18N2O/c1-10-5-7-3-9(12)4-8(6-10)11(7)2/h7-9,12H,3-6H2,1-2H3/t7-,8+,9-. The van der Waals surface area contributed by atoms with Crippen LogP contribution in [-0.4, -0.2) is 60.3 Å². The number of hydrogen-bond donors (Lipinski definition) is 1. The van der Waals surface area contributed by atoms with Gasteiger partial charge >= 0.3 is 0 Å². The van der Waals surface area contributed by atoms with E-state index in [0.717, 1.165) is 25.9 Å². The predicted octanol–water partition coefficient (Wildman–Crippen LogP) is -0.245. The molecule has 0 spiro atoms. The van der Waals surface area contributed by atoms with Crippen LogP contribution in [0.5, 0.6) is 0 Å². The Morgan fingerprint density at radius 2 is 1.58 bits per heavy atom. The van der Waals surface area contributed by atoms with Crippen molar-refractivity contribution < 1.29 is 5.11 Å². The first-order chi connectivity index (χ1) is 5.66. The lowest BCUT2D eigenvalue weighted by molar-refractivity contribution is -0.0359. The SMILES string of the molecule is CN1C[C@H]2C[C@@H](O)C[C@@H](C1)N2C. The van der Waals surface area contributed by atoms with Gasteiger partial charge in [-0.3, -0.25) is 4.90 Å². The lowest BCUT2D eigenvalue weighted by atomic mass is 9.90. The van der Waals surface area contributed by atoms with Crippen molar-refractivity contribution in [2.24, 2.45) is 0 Å². The number of nitrogens with zero attached hydrogens (tertiary/aromatic N) is 2. The van der Waals surface area contributed by atoms with Crippen molar-refractivity contribution in [3.8, 4) is 0 Å². The zero-order valence-electron chi connectivity index (χ0n) is 7.90. The monoisotopic (exact) mass is 170 g/mol. The Morgan fingerprint density at radius 3 is 2.08 bits per heavy atom. The first kappa shape index (κ1) is 8.48. The minimum absolute atomic E-state index is 0.0510. The molecule has 2 bridgehead atoms. The minimum Gasteiger partial charge on any atom is -0.393 e. The van der Waals surface area contributed by atoms with Crippen LogP contribution < -0.4 is 0 Å². The molecule has 0 saturated carbocycles. The van der Waals surface area contributed by atoms with Crippen molar-refractivity contribution in [2.75, 3.05) is 27.2 Å². The Bertz CT molecular complexity index is 144. The first-order valence-corrected chi connectivity index (χ1v) is 4.75. The van der Waals surface area contributed by atoms with Gasteiger partial charge in [-0.05, 0) is 26.9 Å². The summed E-state index contributed by atoms with van der Waals surface area (Å²) < 4.78 is 0. The molecular weight excluding hydrogens is 152 g/mol. The van der Waals surface area contributed by atoms with E-state index in [4.69, 9.17) is 0 Å². The maximum absolute atomic E-state index is 9.57. The highest BCUT2D eigenvalue weighted by atomic mass is 16.3. The first-order valence-electron chi connectivity index (χ1n) is 4.75. The van der Waals surface area contributed by atoms with Crippen LogP contribution in [0.4, 0.5) is 0 Å². The third kappa shape index (κ3) is 1.37. The molecule has 0 aliphatic carbocycles. The Balaban J connectivity index is 2.08. The molecule has 3 nitrogen and oxygen atoms in total. The number of aliphatic hydroxyl groups is 1. The summed E-state index contributed by atoms with van der Waals surface area (Å²) >= 11 is 0. The number of fused-ring (bicyclic) bond motifs is 2. The summed E-state index contributed by atoms with van der Waals surface area (Å²) in [4.78, 5) is 4.81. The van der Waals surface area contributed by atoms with E-state index in [1.807, 2.05) is 0 Å². The molecule has 0 aromatic heterocycles. The Labute approximate surface area is 74.0 Å². The van der Waals surface area contributed by atoms with Crippen LogP contribution in [0.2, 0.25) is 0 Å². The summed E-state index contributed by atoms with van der Waals surface area (Å²) in [5.74, 6) is 0. The summed E-state index contributed by atoms with van der Waals surface area (Å²) in [6.07, 6.45) is 1.86. The minimum atomic E-state index is -0.0510. The van der Waals surface area contributed by atoms with Crippen LogP contribution in [0.15, 0.2) is 0 Å². The van der Waals surface area contributed by atoms with E-state index in [1.165, 1.54) is 0 Å². The maximum Gasteiger partial charge on any atom is 0.0571 e. The summed E-state index contributed by atoms with van der Waals surface area (Å²) in [5.41, 5.74) is 0. The number of piperazine rings is 1. The molecule has 2 heterocycles. The van der Waals surface area contributed by atoms with Crippen molar-refractivity contribution in [1.82, 2.24) is 9.80 Å². The quantitative estimate of drug-likeness (QED) is 0.543. The van der Waals surface area contributed by atoms with Gasteiger partial charge in [0.1, 0.15) is 0 Å². The summed E-state index contributed by atoms with van der Waals surface area (Å²) in [5, 5.41) is 9.57. The molecule has 1 N–H and O–H groups in total. The molecule has 2 rings (SSSR count). The molecule has 0 amide bonds. The smallest absolute Gasteiger partial charge is 0.0571 e. The fourth-order valence-corrected chi connectivity index (χ4v) is 2.56. The second-order valence-corrected chi connectivity index (χ2v) is 4.32. The molecule has 70 valence electrons. The van der Waals surface area contributed by atoms with Crippen molar-refractivity contribution >= 4 is 0 Å². The molecule has 0 unspecified atom stereocenters. The lowest BCUT2D eigenvalue weighted by Gasteiger charge is -2.48. The molecular formula is C9H18N2O. The van der Waals surface area contributed by atoms with Gasteiger partial charge in [0.2, 0.25) is 0 Å². The average molecular weight is 170 g/mol. The van der Waals surface area contributed by atoms with Gasteiger partial charge in [0, 0.05) is 25.2 Å². The van der Waals surface area contributed by atoms with Crippen molar-refractivity contribution in [1.29, 1.82) is 0 Å². The Kier molecular flexibility index (Phi) is 2.10. The lowest BCUT2D eigenvalue weighted by Crippen LogP contribution is -2.60. The van der Waals surface area contributed by atoms with Crippen molar-refractivity contribution in [2.45, 2.75) is 31.0 Å². The number of rotatable bonds is 0. The van der Waals surface area contributed by atoms with Crippen LogP contribution in [0.3, 0.4) is 0 Å². The molecule has 2 fully saturated rings. The highest BCUT2D eigenvalue weighted by Gasteiger charge is 2.37. The number of hydrogen-bond acceptors (Lipinski definition) is 3. The number of likely N-dealkylation sites (N-methyl/N-ethyl adjacent to an activating group) is 2. The maximum atomic E-state index is 9.57. The third-order valence-electron chi connectivity index (χ3n) is 3.29. The molecule has 12 heavy (non-hydrogen) atoms. The number of aliphatic hydroxyl groups excluding tert-OH is 1. The van der Waals surface area contributed by atoms with E-state index < -0.39 is 0 Å². The molecule has 2 saturated heterocycles. The summed E-state index contributed by atoms with van der Waals surface area (Å²) in [7, 11) is 4.36. The summed E-state index contributed by atoms with van der Waals surface area (Å²) in [6.45, 7) is 2.23. The van der Waals surface area contributed by atoms with Gasteiger partial charge in [-0.2, -0.15) is 0 Å². The van der Waals surface area contributed by atoms with E-state index in [1.54, 1.807) is 0 Å². The van der Waals surface area contributed by atoms with Gasteiger partial charge in [-0.15, -0.1) is 0 Å². The van der Waals surface area contributed by atoms with Gasteiger partial charge in [0.25, 0.3) is 0 Å². The molecule has 3 atom stereocenters. The van der Waals surface area contributed by atoms with Gasteiger partial charge < -0.3 is 10.0 Å². The van der Waals surface area contributed by atoms with Gasteiger partial charge in [0.05, 0.1) is 6.10 Å². The van der Waals surface area contributed by atoms with Crippen LogP contribution in [0, 0.1) is 0 Å². The zero-order valence-corrected chi connectivity index (χ0v) is 7.90. The average Bonchev–Trinajstić information content (AvgIpc) is 1.94.